The van der Waals surface area contributed by atoms with E-state index in [1.165, 1.54) is 11.1 Å². The summed E-state index contributed by atoms with van der Waals surface area (Å²) in [7, 11) is 0. The number of benzene rings is 2. The van der Waals surface area contributed by atoms with Gasteiger partial charge in [-0.3, -0.25) is 14.4 Å². The number of carbonyl (C=O) groups excluding carboxylic acids is 3. The van der Waals surface area contributed by atoms with Gasteiger partial charge in [-0.25, -0.2) is 0 Å². The molecule has 0 aliphatic carbocycles. The number of anilines is 1. The van der Waals surface area contributed by atoms with Crippen molar-refractivity contribution >= 4 is 34.7 Å². The Balaban J connectivity index is 1.09. The maximum absolute atomic E-state index is 13.0. The first kappa shape index (κ1) is 26.6. The van der Waals surface area contributed by atoms with Crippen LogP contribution < -0.4 is 20.1 Å². The minimum atomic E-state index is -0.454. The molecule has 2 aliphatic rings. The number of rotatable bonds is 7. The van der Waals surface area contributed by atoms with Crippen molar-refractivity contribution in [3.63, 3.8) is 0 Å². The summed E-state index contributed by atoms with van der Waals surface area (Å²) in [6.45, 7) is 7.32. The Labute approximate surface area is 230 Å². The number of aryl methyl sites for hydroxylation is 2. The first-order valence-corrected chi connectivity index (χ1v) is 13.8. The lowest BCUT2D eigenvalue weighted by atomic mass is 9.92. The Morgan fingerprint density at radius 1 is 1.03 bits per heavy atom. The molecular weight excluding hydrogens is 518 g/mol. The number of nitrogens with one attached hydrogen (secondary N) is 2. The topological polar surface area (TPSA) is 123 Å². The second-order valence-corrected chi connectivity index (χ2v) is 11.0. The molecule has 2 N–H and O–H groups in total. The summed E-state index contributed by atoms with van der Waals surface area (Å²) < 4.78 is 10.6. The second-order valence-electron chi connectivity index (χ2n) is 10.0. The molecule has 0 unspecified atom stereocenters. The van der Waals surface area contributed by atoms with Crippen LogP contribution in [0.3, 0.4) is 0 Å². The zero-order chi connectivity index (χ0) is 27.5. The van der Waals surface area contributed by atoms with E-state index in [0.29, 0.717) is 36.7 Å². The predicted octanol–water partition coefficient (Wildman–Crippen LogP) is 4.26. The Morgan fingerprint density at radius 3 is 2.54 bits per heavy atom. The molecule has 0 saturated carbocycles. The van der Waals surface area contributed by atoms with E-state index in [1.807, 2.05) is 6.92 Å². The largest absolute Gasteiger partial charge is 0.454 e. The fourth-order valence-corrected chi connectivity index (χ4v) is 5.69. The van der Waals surface area contributed by atoms with E-state index in [9.17, 15) is 14.4 Å². The number of fused-ring (bicyclic) bond motifs is 1. The Bertz CT molecular complexity index is 1400. The monoisotopic (exact) mass is 549 g/mol. The second kappa shape index (κ2) is 11.4. The third kappa shape index (κ3) is 6.19. The van der Waals surface area contributed by atoms with Crippen molar-refractivity contribution in [1.29, 1.82) is 0 Å². The van der Waals surface area contributed by atoms with E-state index in [0.717, 1.165) is 29.7 Å². The van der Waals surface area contributed by atoms with Crippen molar-refractivity contribution < 1.29 is 23.9 Å². The number of carbonyl (C=O) groups is 3. The third-order valence-electron chi connectivity index (χ3n) is 7.08. The fraction of sp³-hybridized carbons (Fsp3) is 0.393. The first-order valence-electron chi connectivity index (χ1n) is 13.0. The molecule has 1 fully saturated rings. The molecule has 2 aromatic carbocycles. The smallest absolute Gasteiger partial charge is 0.286 e. The molecule has 3 amide bonds. The van der Waals surface area contributed by atoms with Crippen LogP contribution in [-0.2, 0) is 4.79 Å². The van der Waals surface area contributed by atoms with Gasteiger partial charge in [0.15, 0.2) is 11.5 Å². The molecule has 2 aliphatic heterocycles. The van der Waals surface area contributed by atoms with Crippen LogP contribution in [0.2, 0.25) is 0 Å². The Kier molecular flexibility index (Phi) is 7.78. The SMILES string of the molecule is Cc1ccc([C@@H](C)NC(=O)CC2CCN(C(=O)c3nnc(C(=O)Nc4ccc5c(c4)OCO5)s3)CC2)c(C)c1. The maximum Gasteiger partial charge on any atom is 0.286 e. The molecule has 5 rings (SSSR count). The molecule has 0 spiro atoms. The molecule has 10 nitrogen and oxygen atoms in total. The highest BCUT2D eigenvalue weighted by molar-refractivity contribution is 7.15. The number of hydrogen-bond donors (Lipinski definition) is 2. The molecule has 11 heteroatoms. The number of amides is 3. The van der Waals surface area contributed by atoms with Crippen LogP contribution in [0.15, 0.2) is 36.4 Å². The quantitative estimate of drug-likeness (QED) is 0.452. The summed E-state index contributed by atoms with van der Waals surface area (Å²) in [4.78, 5) is 40.1. The van der Waals surface area contributed by atoms with Gasteiger partial charge in [-0.15, -0.1) is 10.2 Å². The van der Waals surface area contributed by atoms with Gasteiger partial charge in [-0.2, -0.15) is 0 Å². The van der Waals surface area contributed by atoms with E-state index < -0.39 is 5.91 Å². The lowest BCUT2D eigenvalue weighted by Gasteiger charge is -2.31. The van der Waals surface area contributed by atoms with Crippen molar-refractivity contribution in [2.24, 2.45) is 5.92 Å². The number of likely N-dealkylation sites (tertiary alicyclic amines) is 1. The highest BCUT2D eigenvalue weighted by atomic mass is 32.1. The minimum Gasteiger partial charge on any atom is -0.454 e. The zero-order valence-corrected chi connectivity index (χ0v) is 23.0. The van der Waals surface area contributed by atoms with Crippen LogP contribution >= 0.6 is 11.3 Å². The Hall–Kier alpha value is -3.99. The Morgan fingerprint density at radius 2 is 1.77 bits per heavy atom. The first-order chi connectivity index (χ1) is 18.8. The van der Waals surface area contributed by atoms with Crippen LogP contribution in [0.5, 0.6) is 11.5 Å². The summed E-state index contributed by atoms with van der Waals surface area (Å²) in [5.74, 6) is 0.698. The molecule has 0 radical (unpaired) electrons. The van der Waals surface area contributed by atoms with Crippen molar-refractivity contribution in [2.75, 3.05) is 25.2 Å². The highest BCUT2D eigenvalue weighted by Crippen LogP contribution is 2.34. The molecule has 1 saturated heterocycles. The number of aromatic nitrogens is 2. The predicted molar refractivity (Wildman–Crippen MR) is 146 cm³/mol. The average Bonchev–Trinajstić information content (AvgIpc) is 3.58. The van der Waals surface area contributed by atoms with Gasteiger partial charge in [0.1, 0.15) is 0 Å². The van der Waals surface area contributed by atoms with E-state index >= 15 is 0 Å². The molecule has 39 heavy (non-hydrogen) atoms. The maximum atomic E-state index is 13.0. The van der Waals surface area contributed by atoms with Crippen LogP contribution in [-0.4, -0.2) is 52.7 Å². The molecule has 1 atom stereocenters. The van der Waals surface area contributed by atoms with Crippen molar-refractivity contribution in [3.8, 4) is 11.5 Å². The minimum absolute atomic E-state index is 0.0227. The average molecular weight is 550 g/mol. The molecule has 3 heterocycles. The van der Waals surface area contributed by atoms with Crippen LogP contribution in [0.1, 0.15) is 68.5 Å². The van der Waals surface area contributed by atoms with Gasteiger partial charge < -0.3 is 25.0 Å². The zero-order valence-electron chi connectivity index (χ0n) is 22.2. The van der Waals surface area contributed by atoms with Crippen molar-refractivity contribution in [2.45, 2.75) is 46.1 Å². The number of hydrogen-bond acceptors (Lipinski definition) is 8. The standard InChI is InChI=1S/C28H31N5O5S/c1-16-4-6-21(17(2)12-16)18(3)29-24(34)13-19-8-10-33(11-9-19)28(36)27-32-31-26(39-27)25(35)30-20-5-7-22-23(14-20)38-15-37-22/h4-7,12,14,18-19H,8-11,13,15H2,1-3H3,(H,29,34)(H,30,35)/t18-/m1/s1. The lowest BCUT2D eigenvalue weighted by Crippen LogP contribution is -2.39. The molecule has 0 bridgehead atoms. The van der Waals surface area contributed by atoms with Crippen LogP contribution in [0.4, 0.5) is 5.69 Å². The summed E-state index contributed by atoms with van der Waals surface area (Å²) in [5.41, 5.74) is 4.02. The van der Waals surface area contributed by atoms with Gasteiger partial charge in [0.2, 0.25) is 22.7 Å². The van der Waals surface area contributed by atoms with Crippen molar-refractivity contribution in [1.82, 2.24) is 20.4 Å². The van der Waals surface area contributed by atoms with Gasteiger partial charge in [0.25, 0.3) is 11.8 Å². The molecule has 1 aromatic heterocycles. The normalized spacial score (nSPS) is 15.6. The number of ether oxygens (including phenoxy) is 2. The van der Waals surface area contributed by atoms with E-state index in [-0.39, 0.29) is 40.6 Å². The van der Waals surface area contributed by atoms with E-state index in [2.05, 4.69) is 52.9 Å². The van der Waals surface area contributed by atoms with Crippen LogP contribution in [0.25, 0.3) is 0 Å². The summed E-state index contributed by atoms with van der Waals surface area (Å²) in [5, 5.41) is 14.0. The van der Waals surface area contributed by atoms with Gasteiger partial charge >= 0.3 is 0 Å². The van der Waals surface area contributed by atoms with Crippen molar-refractivity contribution in [3.05, 3.63) is 63.1 Å². The molecular formula is C28H31N5O5S. The summed E-state index contributed by atoms with van der Waals surface area (Å²) >= 11 is 0.960. The van der Waals surface area contributed by atoms with Crippen LogP contribution in [0, 0.1) is 19.8 Å². The lowest BCUT2D eigenvalue weighted by molar-refractivity contribution is -0.122. The van der Waals surface area contributed by atoms with Gasteiger partial charge in [0.05, 0.1) is 6.04 Å². The molecule has 204 valence electrons. The van der Waals surface area contributed by atoms with Gasteiger partial charge in [0, 0.05) is 31.3 Å². The summed E-state index contributed by atoms with van der Waals surface area (Å²) in [6.07, 6.45) is 1.89. The summed E-state index contributed by atoms with van der Waals surface area (Å²) in [6, 6.07) is 11.3. The highest BCUT2D eigenvalue weighted by Gasteiger charge is 2.28. The molecule has 3 aromatic rings. The third-order valence-corrected chi connectivity index (χ3v) is 7.99. The van der Waals surface area contributed by atoms with Gasteiger partial charge in [-0.1, -0.05) is 35.1 Å². The van der Waals surface area contributed by atoms with E-state index in [1.54, 1.807) is 23.1 Å². The number of nitrogens with zero attached hydrogens (tertiary/aromatic N) is 3. The van der Waals surface area contributed by atoms with E-state index in [4.69, 9.17) is 9.47 Å². The van der Waals surface area contributed by atoms with Gasteiger partial charge in [-0.05, 0) is 62.8 Å². The number of piperidine rings is 1. The fourth-order valence-electron chi connectivity index (χ4n) is 4.99.